The molecule has 0 aromatic carbocycles. The zero-order chi connectivity index (χ0) is 11.5. The Labute approximate surface area is 94.6 Å². The number of hydrogen-bond donors (Lipinski definition) is 1. The maximum atomic E-state index is 6.17. The lowest BCUT2D eigenvalue weighted by atomic mass is 9.76. The van der Waals surface area contributed by atoms with Crippen LogP contribution in [0.5, 0.6) is 0 Å². The van der Waals surface area contributed by atoms with Gasteiger partial charge < -0.3 is 10.5 Å². The summed E-state index contributed by atoms with van der Waals surface area (Å²) in [6, 6.07) is 0.425. The van der Waals surface area contributed by atoms with E-state index in [0.717, 1.165) is 12.3 Å². The third-order valence-corrected chi connectivity index (χ3v) is 3.97. The highest BCUT2D eigenvalue weighted by Crippen LogP contribution is 2.32. The smallest absolute Gasteiger partial charge is 0.0622 e. The van der Waals surface area contributed by atoms with Crippen LogP contribution in [0.4, 0.5) is 0 Å². The van der Waals surface area contributed by atoms with Crippen molar-refractivity contribution in [2.24, 2.45) is 17.6 Å². The monoisotopic (exact) mass is 213 g/mol. The van der Waals surface area contributed by atoms with Gasteiger partial charge in [-0.25, -0.2) is 0 Å². The Balaban J connectivity index is 2.36. The van der Waals surface area contributed by atoms with Crippen LogP contribution in [0.25, 0.3) is 0 Å². The van der Waals surface area contributed by atoms with Gasteiger partial charge in [0.05, 0.1) is 5.60 Å². The zero-order valence-corrected chi connectivity index (χ0v) is 10.8. The maximum absolute atomic E-state index is 6.17. The first-order valence-corrected chi connectivity index (χ1v) is 6.25. The Morgan fingerprint density at radius 2 is 2.00 bits per heavy atom. The van der Waals surface area contributed by atoms with Gasteiger partial charge in [0.2, 0.25) is 0 Å². The molecule has 0 radical (unpaired) electrons. The molecule has 90 valence electrons. The molecule has 3 unspecified atom stereocenters. The van der Waals surface area contributed by atoms with Crippen LogP contribution in [0.2, 0.25) is 0 Å². The van der Waals surface area contributed by atoms with Crippen LogP contribution in [-0.2, 0) is 4.74 Å². The van der Waals surface area contributed by atoms with Crippen LogP contribution in [0.1, 0.15) is 52.9 Å². The van der Waals surface area contributed by atoms with Gasteiger partial charge in [-0.1, -0.05) is 6.92 Å². The number of rotatable bonds is 4. The van der Waals surface area contributed by atoms with Gasteiger partial charge in [-0.15, -0.1) is 0 Å². The highest BCUT2D eigenvalue weighted by Gasteiger charge is 2.27. The van der Waals surface area contributed by atoms with Crippen LogP contribution in [0.15, 0.2) is 0 Å². The minimum absolute atomic E-state index is 0.0143. The number of ether oxygens (including phenoxy) is 1. The van der Waals surface area contributed by atoms with E-state index in [1.54, 1.807) is 7.11 Å². The van der Waals surface area contributed by atoms with E-state index in [1.807, 2.05) is 0 Å². The molecule has 3 atom stereocenters. The van der Waals surface area contributed by atoms with Crippen molar-refractivity contribution in [3.63, 3.8) is 0 Å². The molecule has 2 heteroatoms. The summed E-state index contributed by atoms with van der Waals surface area (Å²) in [5, 5.41) is 0. The first-order valence-electron chi connectivity index (χ1n) is 6.25. The average molecular weight is 213 g/mol. The molecular formula is C13H27NO. The Morgan fingerprint density at radius 3 is 2.60 bits per heavy atom. The molecule has 1 rings (SSSR count). The van der Waals surface area contributed by atoms with Crippen molar-refractivity contribution in [2.75, 3.05) is 7.11 Å². The van der Waals surface area contributed by atoms with Gasteiger partial charge in [-0.05, 0) is 57.8 Å². The highest BCUT2D eigenvalue weighted by atomic mass is 16.5. The summed E-state index contributed by atoms with van der Waals surface area (Å²) in [4.78, 5) is 0. The third-order valence-electron chi connectivity index (χ3n) is 3.97. The van der Waals surface area contributed by atoms with E-state index >= 15 is 0 Å². The first-order chi connectivity index (χ1) is 6.94. The van der Waals surface area contributed by atoms with E-state index in [2.05, 4.69) is 20.8 Å². The zero-order valence-electron chi connectivity index (χ0n) is 10.8. The normalized spacial score (nSPS) is 33.0. The number of methoxy groups -OCH3 is 1. The van der Waals surface area contributed by atoms with Gasteiger partial charge in [0, 0.05) is 13.2 Å². The van der Waals surface area contributed by atoms with Crippen molar-refractivity contribution in [1.82, 2.24) is 0 Å². The number of nitrogens with two attached hydrogens (primary N) is 1. The molecule has 2 nitrogen and oxygen atoms in total. The van der Waals surface area contributed by atoms with E-state index in [9.17, 15) is 0 Å². The molecule has 0 spiro atoms. The van der Waals surface area contributed by atoms with Crippen LogP contribution in [-0.4, -0.2) is 18.8 Å². The largest absolute Gasteiger partial charge is 0.379 e. The second kappa shape index (κ2) is 5.31. The molecule has 0 aromatic heterocycles. The summed E-state index contributed by atoms with van der Waals surface area (Å²) in [6.07, 6.45) is 6.16. The summed E-state index contributed by atoms with van der Waals surface area (Å²) >= 11 is 0. The van der Waals surface area contributed by atoms with Crippen molar-refractivity contribution in [3.8, 4) is 0 Å². The topological polar surface area (TPSA) is 35.2 Å². The van der Waals surface area contributed by atoms with Crippen LogP contribution < -0.4 is 5.73 Å². The summed E-state index contributed by atoms with van der Waals surface area (Å²) in [6.45, 7) is 6.66. The van der Waals surface area contributed by atoms with Crippen molar-refractivity contribution >= 4 is 0 Å². The molecule has 0 amide bonds. The fraction of sp³-hybridized carbons (Fsp3) is 1.00. The Kier molecular flexibility index (Phi) is 4.60. The summed E-state index contributed by atoms with van der Waals surface area (Å²) in [5.74, 6) is 1.57. The molecule has 0 heterocycles. The molecule has 0 saturated heterocycles. The molecule has 0 aliphatic heterocycles. The average Bonchev–Trinajstić information content (AvgIpc) is 2.20. The van der Waals surface area contributed by atoms with Gasteiger partial charge in [-0.3, -0.25) is 0 Å². The minimum Gasteiger partial charge on any atom is -0.379 e. The Morgan fingerprint density at radius 1 is 1.33 bits per heavy atom. The van der Waals surface area contributed by atoms with Crippen LogP contribution in [0.3, 0.4) is 0 Å². The molecule has 2 N–H and O–H groups in total. The van der Waals surface area contributed by atoms with Gasteiger partial charge in [0.15, 0.2) is 0 Å². The van der Waals surface area contributed by atoms with Crippen molar-refractivity contribution < 1.29 is 4.74 Å². The lowest BCUT2D eigenvalue weighted by molar-refractivity contribution is 0.00735. The molecular weight excluding hydrogens is 186 g/mol. The second-order valence-corrected chi connectivity index (χ2v) is 5.84. The fourth-order valence-electron chi connectivity index (χ4n) is 2.49. The van der Waals surface area contributed by atoms with Gasteiger partial charge in [0.25, 0.3) is 0 Å². The second-order valence-electron chi connectivity index (χ2n) is 5.84. The van der Waals surface area contributed by atoms with E-state index < -0.39 is 0 Å². The van der Waals surface area contributed by atoms with E-state index in [4.69, 9.17) is 10.5 Å². The van der Waals surface area contributed by atoms with Gasteiger partial charge in [-0.2, -0.15) is 0 Å². The van der Waals surface area contributed by atoms with E-state index in [-0.39, 0.29) is 5.60 Å². The molecule has 0 bridgehead atoms. The van der Waals surface area contributed by atoms with Crippen molar-refractivity contribution in [2.45, 2.75) is 64.5 Å². The Bertz CT molecular complexity index is 191. The number of hydrogen-bond acceptors (Lipinski definition) is 2. The predicted octanol–water partition coefficient (Wildman–Crippen LogP) is 2.96. The standard InChI is InChI=1S/C13H27NO/c1-10-5-6-12(14)11(9-10)7-8-13(2,3)15-4/h10-12H,5-9,14H2,1-4H3. The molecule has 0 aromatic rings. The highest BCUT2D eigenvalue weighted by molar-refractivity contribution is 4.83. The maximum Gasteiger partial charge on any atom is 0.0622 e. The van der Waals surface area contributed by atoms with Gasteiger partial charge in [0.1, 0.15) is 0 Å². The van der Waals surface area contributed by atoms with Gasteiger partial charge >= 0.3 is 0 Å². The summed E-state index contributed by atoms with van der Waals surface area (Å²) < 4.78 is 5.45. The lowest BCUT2D eigenvalue weighted by Crippen LogP contribution is -2.37. The molecule has 1 aliphatic carbocycles. The Hall–Kier alpha value is -0.0800. The third kappa shape index (κ3) is 4.12. The molecule has 1 aliphatic rings. The lowest BCUT2D eigenvalue weighted by Gasteiger charge is -2.34. The first kappa shape index (κ1) is 13.0. The summed E-state index contributed by atoms with van der Waals surface area (Å²) in [5.41, 5.74) is 6.19. The minimum atomic E-state index is 0.0143. The quantitative estimate of drug-likeness (QED) is 0.779. The SMILES string of the molecule is COC(C)(C)CCC1CC(C)CCC1N. The predicted molar refractivity (Wildman–Crippen MR) is 64.8 cm³/mol. The van der Waals surface area contributed by atoms with Crippen molar-refractivity contribution in [3.05, 3.63) is 0 Å². The fourth-order valence-corrected chi connectivity index (χ4v) is 2.49. The summed E-state index contributed by atoms with van der Waals surface area (Å²) in [7, 11) is 1.80. The van der Waals surface area contributed by atoms with E-state index in [0.29, 0.717) is 12.0 Å². The van der Waals surface area contributed by atoms with E-state index in [1.165, 1.54) is 25.7 Å². The molecule has 1 fully saturated rings. The molecule has 1 saturated carbocycles. The molecule has 15 heavy (non-hydrogen) atoms. The van der Waals surface area contributed by atoms with Crippen molar-refractivity contribution in [1.29, 1.82) is 0 Å². The van der Waals surface area contributed by atoms with Crippen LogP contribution >= 0.6 is 0 Å². The van der Waals surface area contributed by atoms with Crippen LogP contribution in [0, 0.1) is 11.8 Å².